The number of allylic oxidation sites excluding steroid dienone is 1. The standard InChI is InChI=1S/C33H32N4O4/c1-7-18-14(3)21-11-23-16(5)20-9-10-27(38)33(40)29(30(20)36-23)31-28(32(39)41-33)17(6)24(37-31)13-26-19(8-2)15(4)22(35-26)12-25(18)34-21/h7,11-13,16,20,34-35,40H,1,8-10H2,2-6H3/t16-,20-,33-/m0/s1. The van der Waals surface area contributed by atoms with Gasteiger partial charge in [0.15, 0.2) is 0 Å². The monoisotopic (exact) mass is 548 g/mol. The van der Waals surface area contributed by atoms with Crippen molar-refractivity contribution in [3.05, 3.63) is 75.4 Å². The van der Waals surface area contributed by atoms with Gasteiger partial charge in [-0.25, -0.2) is 9.78 Å². The number of fused-ring (bicyclic) bond motifs is 6. The summed E-state index contributed by atoms with van der Waals surface area (Å²) in [6.45, 7) is 14.3. The number of Topliss-reactive ketones (excluding diaryl/α,β-unsaturated/α-hetero) is 1. The van der Waals surface area contributed by atoms with Crippen LogP contribution in [0.5, 0.6) is 0 Å². The Hall–Kier alpha value is -4.30. The summed E-state index contributed by atoms with van der Waals surface area (Å²) in [5.74, 6) is -3.89. The van der Waals surface area contributed by atoms with E-state index >= 15 is 0 Å². The first-order valence-electron chi connectivity index (χ1n) is 14.2. The molecule has 8 bridgehead atoms. The SMILES string of the molecule is C=Cc1c(C)c2cc3nc4c5c6nc(cc7[nH]c(cc1[nH]2)c(C)c7CC)C(C)=C6C(=O)O[C@@]5(O)C(=O)CC[C@H]4[C@@H]3C. The van der Waals surface area contributed by atoms with E-state index in [0.717, 1.165) is 56.4 Å². The molecule has 0 unspecified atom stereocenters. The van der Waals surface area contributed by atoms with Crippen LogP contribution in [0.25, 0.3) is 39.3 Å². The van der Waals surface area contributed by atoms with Crippen molar-refractivity contribution < 1.29 is 19.4 Å². The molecule has 8 heteroatoms. The number of nitrogens with one attached hydrogen (secondary N) is 2. The molecular formula is C33H32N4O4. The number of ketones is 1. The van der Waals surface area contributed by atoms with E-state index in [1.54, 1.807) is 0 Å². The lowest BCUT2D eigenvalue weighted by Gasteiger charge is -2.31. The lowest BCUT2D eigenvalue weighted by molar-refractivity contribution is -0.211. The topological polar surface area (TPSA) is 121 Å². The van der Waals surface area contributed by atoms with Gasteiger partial charge >= 0.3 is 11.8 Å². The molecule has 3 N–H and O–H groups in total. The van der Waals surface area contributed by atoms with Crippen LogP contribution in [-0.2, 0) is 26.5 Å². The van der Waals surface area contributed by atoms with Crippen LogP contribution in [0.1, 0.15) is 96.0 Å². The third-order valence-corrected chi connectivity index (χ3v) is 9.47. The summed E-state index contributed by atoms with van der Waals surface area (Å²) in [5, 5.41) is 11.8. The van der Waals surface area contributed by atoms with Crippen LogP contribution in [0, 0.1) is 13.8 Å². The Morgan fingerprint density at radius 3 is 2.54 bits per heavy atom. The first kappa shape index (κ1) is 25.7. The number of aromatic nitrogens is 4. The number of carbonyl (C=O) groups excluding carboxylic acids is 2. The summed E-state index contributed by atoms with van der Waals surface area (Å²) in [6, 6.07) is 6.10. The van der Waals surface area contributed by atoms with Crippen molar-refractivity contribution in [2.75, 3.05) is 0 Å². The Balaban J connectivity index is 1.73. The largest absolute Gasteiger partial charge is 0.417 e. The average Bonchev–Trinajstić information content (AvgIpc) is 3.58. The number of aryl methyl sites for hydroxylation is 3. The molecule has 0 saturated carbocycles. The lowest BCUT2D eigenvalue weighted by atomic mass is 9.85. The number of hydrogen-bond acceptors (Lipinski definition) is 6. The van der Waals surface area contributed by atoms with Gasteiger partial charge in [-0.05, 0) is 74.1 Å². The minimum Gasteiger partial charge on any atom is -0.417 e. The third-order valence-electron chi connectivity index (χ3n) is 9.47. The van der Waals surface area contributed by atoms with Crippen LogP contribution < -0.4 is 0 Å². The number of nitrogens with zero attached hydrogens (tertiary/aromatic N) is 2. The minimum atomic E-state index is -2.42. The van der Waals surface area contributed by atoms with Crippen LogP contribution in [0.15, 0.2) is 24.8 Å². The zero-order chi connectivity index (χ0) is 29.0. The molecule has 3 aromatic heterocycles. The van der Waals surface area contributed by atoms with E-state index in [4.69, 9.17) is 14.7 Å². The number of rotatable bonds is 2. The van der Waals surface area contributed by atoms with Crippen molar-refractivity contribution in [1.29, 1.82) is 0 Å². The second-order valence-electron chi connectivity index (χ2n) is 11.6. The van der Waals surface area contributed by atoms with Crippen molar-refractivity contribution in [1.82, 2.24) is 19.9 Å². The molecule has 4 aliphatic rings. The molecule has 6 heterocycles. The Bertz CT molecular complexity index is 1940. The normalized spacial score (nSPS) is 23.2. The minimum absolute atomic E-state index is 0.0336. The lowest BCUT2D eigenvalue weighted by Crippen LogP contribution is -2.44. The summed E-state index contributed by atoms with van der Waals surface area (Å²) in [7, 11) is 0. The molecule has 8 nitrogen and oxygen atoms in total. The van der Waals surface area contributed by atoms with Gasteiger partial charge in [0.1, 0.15) is 0 Å². The predicted molar refractivity (Wildman–Crippen MR) is 158 cm³/mol. The number of esters is 1. The summed E-state index contributed by atoms with van der Waals surface area (Å²) in [6.07, 6.45) is 3.21. The second kappa shape index (κ2) is 8.60. The van der Waals surface area contributed by atoms with Gasteiger partial charge in [-0.15, -0.1) is 0 Å². The second-order valence-corrected chi connectivity index (χ2v) is 11.6. The van der Waals surface area contributed by atoms with Crippen LogP contribution in [0.4, 0.5) is 0 Å². The van der Waals surface area contributed by atoms with Gasteiger partial charge in [0, 0.05) is 51.6 Å². The molecule has 0 aromatic carbocycles. The van der Waals surface area contributed by atoms with E-state index < -0.39 is 17.5 Å². The molecule has 41 heavy (non-hydrogen) atoms. The van der Waals surface area contributed by atoms with Crippen LogP contribution in [0.3, 0.4) is 0 Å². The van der Waals surface area contributed by atoms with Crippen LogP contribution >= 0.6 is 0 Å². The fourth-order valence-electron chi connectivity index (χ4n) is 7.04. The van der Waals surface area contributed by atoms with E-state index in [2.05, 4.69) is 50.3 Å². The van der Waals surface area contributed by atoms with E-state index in [9.17, 15) is 14.7 Å². The Kier molecular flexibility index (Phi) is 5.38. The molecule has 3 aromatic rings. The van der Waals surface area contributed by atoms with E-state index in [0.29, 0.717) is 23.4 Å². The van der Waals surface area contributed by atoms with Crippen molar-refractivity contribution in [2.24, 2.45) is 0 Å². The predicted octanol–water partition coefficient (Wildman–Crippen LogP) is 6.02. The fourth-order valence-corrected chi connectivity index (χ4v) is 7.04. The van der Waals surface area contributed by atoms with E-state index in [1.807, 2.05) is 25.1 Å². The molecule has 0 radical (unpaired) electrons. The van der Waals surface area contributed by atoms with Gasteiger partial charge < -0.3 is 19.8 Å². The summed E-state index contributed by atoms with van der Waals surface area (Å²) >= 11 is 0. The Labute approximate surface area is 237 Å². The van der Waals surface area contributed by atoms with E-state index in [1.165, 1.54) is 0 Å². The average molecular weight is 549 g/mol. The highest BCUT2D eigenvalue weighted by atomic mass is 16.7. The maximum absolute atomic E-state index is 13.4. The first-order valence-corrected chi connectivity index (χ1v) is 14.2. The molecule has 0 fully saturated rings. The third kappa shape index (κ3) is 3.37. The van der Waals surface area contributed by atoms with Crippen molar-refractivity contribution in [3.63, 3.8) is 0 Å². The molecular weight excluding hydrogens is 516 g/mol. The number of ether oxygens (including phenoxy) is 1. The number of H-pyrrole nitrogens is 2. The van der Waals surface area contributed by atoms with Gasteiger partial charge in [0.05, 0.1) is 28.2 Å². The van der Waals surface area contributed by atoms with E-state index in [-0.39, 0.29) is 35.1 Å². The highest BCUT2D eigenvalue weighted by Gasteiger charge is 2.55. The maximum atomic E-state index is 13.4. The summed E-state index contributed by atoms with van der Waals surface area (Å²) < 4.78 is 5.60. The molecule has 0 saturated heterocycles. The molecule has 0 spiro atoms. The summed E-state index contributed by atoms with van der Waals surface area (Å²) in [5.41, 5.74) is 11.4. The number of carbonyl (C=O) groups is 2. The first-order chi connectivity index (χ1) is 19.6. The van der Waals surface area contributed by atoms with Gasteiger partial charge in [-0.1, -0.05) is 26.5 Å². The van der Waals surface area contributed by atoms with Gasteiger partial charge in [-0.3, -0.25) is 9.78 Å². The molecule has 208 valence electrons. The highest BCUT2D eigenvalue weighted by Crippen LogP contribution is 2.51. The van der Waals surface area contributed by atoms with Crippen molar-refractivity contribution >= 4 is 51.0 Å². The van der Waals surface area contributed by atoms with Gasteiger partial charge in [-0.2, -0.15) is 0 Å². The molecule has 7 rings (SSSR count). The summed E-state index contributed by atoms with van der Waals surface area (Å²) in [4.78, 5) is 43.8. The quantitative estimate of drug-likeness (QED) is 0.337. The maximum Gasteiger partial charge on any atom is 0.343 e. The molecule has 0 amide bonds. The van der Waals surface area contributed by atoms with Crippen molar-refractivity contribution in [3.8, 4) is 0 Å². The molecule has 3 aliphatic heterocycles. The molecule has 1 aliphatic carbocycles. The number of hydrogen-bond donors (Lipinski definition) is 3. The van der Waals surface area contributed by atoms with Crippen molar-refractivity contribution in [2.45, 2.75) is 71.5 Å². The fraction of sp³-hybridized carbons (Fsp3) is 0.333. The highest BCUT2D eigenvalue weighted by molar-refractivity contribution is 6.27. The smallest absolute Gasteiger partial charge is 0.343 e. The number of aromatic amines is 2. The van der Waals surface area contributed by atoms with Crippen LogP contribution in [-0.4, -0.2) is 36.8 Å². The Morgan fingerprint density at radius 2 is 1.80 bits per heavy atom. The van der Waals surface area contributed by atoms with Crippen LogP contribution in [0.2, 0.25) is 0 Å². The van der Waals surface area contributed by atoms with Gasteiger partial charge in [0.25, 0.3) is 0 Å². The zero-order valence-corrected chi connectivity index (χ0v) is 23.9. The van der Waals surface area contributed by atoms with Gasteiger partial charge in [0.2, 0.25) is 5.78 Å². The zero-order valence-electron chi connectivity index (χ0n) is 23.9. The Morgan fingerprint density at radius 1 is 1.07 bits per heavy atom. The molecule has 3 atom stereocenters. The number of aliphatic hydroxyl groups is 1.